The highest BCUT2D eigenvalue weighted by atomic mass is 32.2. The molecule has 11 aromatic rings. The zero-order valence-corrected chi connectivity index (χ0v) is 52.1. The molecule has 448 valence electrons. The summed E-state index contributed by atoms with van der Waals surface area (Å²) in [5.74, 6) is 1.29. The molecule has 10 aromatic carbocycles. The van der Waals surface area contributed by atoms with Crippen LogP contribution in [0.5, 0.6) is 5.75 Å². The van der Waals surface area contributed by atoms with Gasteiger partial charge in [-0.25, -0.2) is 9.78 Å². The number of oxime groups is 1. The summed E-state index contributed by atoms with van der Waals surface area (Å²) in [5, 5.41) is 16.7. The van der Waals surface area contributed by atoms with Crippen LogP contribution >= 0.6 is 30.0 Å². The van der Waals surface area contributed by atoms with E-state index >= 15 is 14.4 Å². The van der Waals surface area contributed by atoms with Crippen molar-refractivity contribution in [2.24, 2.45) is 5.16 Å². The Bertz CT molecular complexity index is 4140. The third-order valence-electron chi connectivity index (χ3n) is 16.5. The van der Waals surface area contributed by atoms with Crippen LogP contribution in [0.25, 0.3) is 0 Å². The number of carbonyl (C=O) groups is 3. The fourth-order valence-corrected chi connectivity index (χ4v) is 18.3. The SMILES string of the molecule is COc1ccc(COC(=O)C2=C(C=P(c3ccccc3)(c3ccccc3)c3ccccc3)CS[C@@H]3C(NC(=O)/C(=N\OC(c4ccccc4)(c4ccccc4)c4ccccc4)c4csc(NC(c5ccccc5)(c5ccccc5)c5ccccc5)n4)C(=O)N23)cc1. The lowest BCUT2D eigenvalue weighted by Crippen LogP contribution is -2.71. The minimum Gasteiger partial charge on any atom is -0.497 e. The number of β-lactam (4-membered cyclic amide) rings is 1. The van der Waals surface area contributed by atoms with Crippen molar-refractivity contribution >= 4 is 80.3 Å². The number of benzene rings is 10. The van der Waals surface area contributed by atoms with Gasteiger partial charge in [0.05, 0.1) is 7.11 Å². The van der Waals surface area contributed by atoms with Crippen LogP contribution in [0, 0.1) is 0 Å². The second kappa shape index (κ2) is 26.8. The maximum atomic E-state index is 15.8. The van der Waals surface area contributed by atoms with Crippen LogP contribution in [0.15, 0.2) is 319 Å². The molecule has 2 atom stereocenters. The highest BCUT2D eigenvalue weighted by molar-refractivity contribution is 8.00. The Hall–Kier alpha value is -10.3. The zero-order valence-electron chi connectivity index (χ0n) is 49.6. The van der Waals surface area contributed by atoms with Gasteiger partial charge in [-0.15, -0.1) is 23.1 Å². The summed E-state index contributed by atoms with van der Waals surface area (Å²) in [7, 11) is 1.60. The molecular formula is C77H62N5O6PS2. The monoisotopic (exact) mass is 1250 g/mol. The van der Waals surface area contributed by atoms with Crippen LogP contribution in [-0.4, -0.2) is 63.5 Å². The van der Waals surface area contributed by atoms with Crippen LogP contribution in [0.3, 0.4) is 0 Å². The lowest BCUT2D eigenvalue weighted by molar-refractivity contribution is -0.153. The van der Waals surface area contributed by atoms with Gasteiger partial charge in [0.2, 0.25) is 5.60 Å². The topological polar surface area (TPSA) is 131 Å². The highest BCUT2D eigenvalue weighted by Gasteiger charge is 2.55. The fourth-order valence-electron chi connectivity index (χ4n) is 12.2. The van der Waals surface area contributed by atoms with E-state index < -0.39 is 47.2 Å². The average Bonchev–Trinajstić information content (AvgIpc) is 1.07. The van der Waals surface area contributed by atoms with Crippen LogP contribution in [0.2, 0.25) is 0 Å². The summed E-state index contributed by atoms with van der Waals surface area (Å²) < 4.78 is 11.6. The first-order chi connectivity index (χ1) is 44.8. The molecule has 2 aliphatic heterocycles. The number of hydrogen-bond donors (Lipinski definition) is 2. The largest absolute Gasteiger partial charge is 0.497 e. The second-order valence-electron chi connectivity index (χ2n) is 21.8. The first kappa shape index (κ1) is 59.7. The molecule has 2 aliphatic rings. The number of nitrogens with one attached hydrogen (secondary N) is 2. The van der Waals surface area contributed by atoms with Crippen molar-refractivity contribution < 1.29 is 28.7 Å². The number of fused-ring (bicyclic) bond motifs is 1. The maximum absolute atomic E-state index is 15.8. The van der Waals surface area contributed by atoms with Crippen molar-refractivity contribution in [3.8, 4) is 5.75 Å². The van der Waals surface area contributed by atoms with Gasteiger partial charge in [-0.2, -0.15) is 0 Å². The number of aromatic nitrogens is 1. The molecule has 2 N–H and O–H groups in total. The van der Waals surface area contributed by atoms with E-state index in [1.165, 1.54) is 28.0 Å². The summed E-state index contributed by atoms with van der Waals surface area (Å²) >= 11 is 2.78. The first-order valence-corrected chi connectivity index (χ1v) is 33.6. The molecule has 0 saturated carbocycles. The number of esters is 1. The molecule has 3 heterocycles. The standard InChI is InChI=1S/C77H62N5O6PS2/c1-86-63-49-47-55(48-50-63)51-87-74(85)70-56(52-89(64-41-23-8-24-42-64,65-43-25-9-26-44-65)66-45-27-10-28-46-66)53-90-73-69(72(84)82(70)73)79-71(83)68(81-88-77(60-35-17-5-18-36-60,61-37-19-6-20-38-61)62-39-21-7-22-40-62)67-54-91-75(78-67)80-76(57-29-11-2-12-30-57,58-31-13-3-14-32-58)59-33-15-4-16-34-59/h2-50,52,54,69,73H,51,53H2,1H3,(H,78,80)(H,79,83)/b81-68-/t69?,73-/m1/s1. The van der Waals surface area contributed by atoms with Gasteiger partial charge in [0.15, 0.2) is 10.8 Å². The van der Waals surface area contributed by atoms with Crippen molar-refractivity contribution in [2.75, 3.05) is 18.2 Å². The molecule has 1 aromatic heterocycles. The number of methoxy groups -OCH3 is 1. The molecule has 1 fully saturated rings. The van der Waals surface area contributed by atoms with E-state index in [0.717, 1.165) is 54.9 Å². The molecule has 0 radical (unpaired) electrons. The molecular weight excluding hydrogens is 1190 g/mol. The smallest absolute Gasteiger partial charge is 0.355 e. The third-order valence-corrected chi connectivity index (χ3v) is 22.6. The molecule has 0 spiro atoms. The molecule has 11 nitrogen and oxygen atoms in total. The number of carbonyl (C=O) groups excluding carboxylic acids is 3. The van der Waals surface area contributed by atoms with E-state index in [4.69, 9.17) is 24.5 Å². The molecule has 14 heteroatoms. The summed E-state index contributed by atoms with van der Waals surface area (Å²) in [6.45, 7) is -2.80. The predicted octanol–water partition coefficient (Wildman–Crippen LogP) is 13.5. The van der Waals surface area contributed by atoms with Crippen LogP contribution < -0.4 is 31.3 Å². The Morgan fingerprint density at radius 1 is 0.582 bits per heavy atom. The number of ether oxygens (including phenoxy) is 2. The molecule has 1 unspecified atom stereocenters. The molecule has 0 bridgehead atoms. The normalized spacial score (nSPS) is 14.9. The van der Waals surface area contributed by atoms with Crippen molar-refractivity contribution in [3.63, 3.8) is 0 Å². The van der Waals surface area contributed by atoms with Crippen molar-refractivity contribution in [3.05, 3.63) is 359 Å². The van der Waals surface area contributed by atoms with Crippen LogP contribution in [-0.2, 0) is 41.7 Å². The highest BCUT2D eigenvalue weighted by Crippen LogP contribution is 2.49. The van der Waals surface area contributed by atoms with Crippen LogP contribution in [0.1, 0.15) is 44.6 Å². The van der Waals surface area contributed by atoms with E-state index in [1.54, 1.807) is 12.5 Å². The predicted molar refractivity (Wildman–Crippen MR) is 368 cm³/mol. The van der Waals surface area contributed by atoms with Crippen molar-refractivity contribution in [2.45, 2.75) is 29.2 Å². The maximum Gasteiger partial charge on any atom is 0.355 e. The zero-order chi connectivity index (χ0) is 62.0. The van der Waals surface area contributed by atoms with Gasteiger partial charge in [-0.3, -0.25) is 14.5 Å². The van der Waals surface area contributed by atoms with E-state index in [1.807, 2.05) is 224 Å². The number of amides is 2. The minimum absolute atomic E-state index is 0.0696. The molecule has 91 heavy (non-hydrogen) atoms. The summed E-state index contributed by atoms with van der Waals surface area (Å²) in [6.07, 6.45) is 0. The number of thiazole rings is 1. The molecule has 0 aliphatic carbocycles. The number of hydrogen-bond acceptors (Lipinski definition) is 11. The van der Waals surface area contributed by atoms with Gasteiger partial charge >= 0.3 is 5.97 Å². The number of nitrogens with zero attached hydrogens (tertiary/aromatic N) is 3. The summed E-state index contributed by atoms with van der Waals surface area (Å²) in [6, 6.07) is 97.0. The van der Waals surface area contributed by atoms with E-state index in [2.05, 4.69) is 89.2 Å². The van der Waals surface area contributed by atoms with Crippen LogP contribution in [0.4, 0.5) is 5.13 Å². The van der Waals surface area contributed by atoms with Gasteiger partial charge in [0.25, 0.3) is 11.8 Å². The molecule has 2 amide bonds. The van der Waals surface area contributed by atoms with E-state index in [0.29, 0.717) is 22.2 Å². The van der Waals surface area contributed by atoms with Gasteiger partial charge in [0, 0.05) is 27.8 Å². The van der Waals surface area contributed by atoms with E-state index in [-0.39, 0.29) is 23.7 Å². The quantitative estimate of drug-likeness (QED) is 0.0180. The van der Waals surface area contributed by atoms with E-state index in [9.17, 15) is 0 Å². The summed E-state index contributed by atoms with van der Waals surface area (Å²) in [5.41, 5.74) is 4.28. The Morgan fingerprint density at radius 3 is 1.43 bits per heavy atom. The number of anilines is 1. The minimum atomic E-state index is -2.73. The number of rotatable bonds is 21. The first-order valence-electron chi connectivity index (χ1n) is 29.8. The number of thioether (sulfide) groups is 1. The molecule has 13 rings (SSSR count). The van der Waals surface area contributed by atoms with Gasteiger partial charge in [0.1, 0.15) is 40.7 Å². The van der Waals surface area contributed by atoms with Crippen molar-refractivity contribution in [1.82, 2.24) is 15.2 Å². The lowest BCUT2D eigenvalue weighted by atomic mass is 9.77. The van der Waals surface area contributed by atoms with Crippen molar-refractivity contribution in [1.29, 1.82) is 0 Å². The Balaban J connectivity index is 0.928. The summed E-state index contributed by atoms with van der Waals surface area (Å²) in [4.78, 5) is 60.3. The molecule has 1 saturated heterocycles. The third kappa shape index (κ3) is 11.7. The second-order valence-corrected chi connectivity index (χ2v) is 27.1. The van der Waals surface area contributed by atoms with Gasteiger partial charge < -0.3 is 24.9 Å². The lowest BCUT2D eigenvalue weighted by Gasteiger charge is -2.49. The van der Waals surface area contributed by atoms with Gasteiger partial charge in [-0.1, -0.05) is 290 Å². The van der Waals surface area contributed by atoms with Gasteiger partial charge in [-0.05, 0) is 68.6 Å². The average molecular weight is 1250 g/mol. The Morgan fingerprint density at radius 2 is 1.00 bits per heavy atom. The Kier molecular flexibility index (Phi) is 17.6. The Labute approximate surface area is 537 Å². The fraction of sp³-hybridized carbons (Fsp3) is 0.0909.